The molecular weight excluding hydrogens is 500 g/mol. The molecule has 1 fully saturated rings. The third-order valence-electron chi connectivity index (χ3n) is 6.10. The molecule has 0 saturated heterocycles. The lowest BCUT2D eigenvalue weighted by Gasteiger charge is -2.30. The standard InChI is InChI=1S/C26H27F6N3O2/c1-24(2,29)13-19(23(37)35-25(14-33)11-12-25)34-21(26(30,31)32)18-9-5-16(6-10-18)15-3-7-17(8-4-15)20(36)22(27)28/h3-10,19-22,34,36H,11-13H2,1-2H3,(H,35,37)/t19-,20?,21?/m0/s1. The van der Waals surface area contributed by atoms with E-state index in [1.165, 1.54) is 48.5 Å². The van der Waals surface area contributed by atoms with E-state index in [2.05, 4.69) is 10.6 Å². The number of carbonyl (C=O) groups excluding carboxylic acids is 1. The van der Waals surface area contributed by atoms with Gasteiger partial charge >= 0.3 is 6.18 Å². The van der Waals surface area contributed by atoms with Crippen LogP contribution in [0.1, 0.15) is 56.4 Å². The van der Waals surface area contributed by atoms with Gasteiger partial charge in [0.05, 0.1) is 12.1 Å². The summed E-state index contributed by atoms with van der Waals surface area (Å²) in [5, 5.41) is 23.4. The van der Waals surface area contributed by atoms with Gasteiger partial charge in [-0.3, -0.25) is 10.1 Å². The van der Waals surface area contributed by atoms with Crippen molar-refractivity contribution in [2.24, 2.45) is 0 Å². The molecule has 5 nitrogen and oxygen atoms in total. The highest BCUT2D eigenvalue weighted by Crippen LogP contribution is 2.37. The Labute approximate surface area is 210 Å². The molecule has 1 aliphatic carbocycles. The Bertz CT molecular complexity index is 1120. The van der Waals surface area contributed by atoms with E-state index in [1.807, 2.05) is 6.07 Å². The lowest BCUT2D eigenvalue weighted by molar-refractivity contribution is -0.161. The molecule has 0 bridgehead atoms. The van der Waals surface area contributed by atoms with E-state index in [1.54, 1.807) is 0 Å². The van der Waals surface area contributed by atoms with E-state index in [0.29, 0.717) is 24.0 Å². The number of rotatable bonds is 10. The molecular formula is C26H27F6N3O2. The Balaban J connectivity index is 1.84. The molecule has 0 spiro atoms. The monoisotopic (exact) mass is 527 g/mol. The van der Waals surface area contributed by atoms with Crippen molar-refractivity contribution in [3.8, 4) is 17.2 Å². The number of halogens is 6. The van der Waals surface area contributed by atoms with Crippen molar-refractivity contribution in [2.75, 3.05) is 0 Å². The second-order valence-electron chi connectivity index (χ2n) is 9.82. The summed E-state index contributed by atoms with van der Waals surface area (Å²) in [5.41, 5.74) is -2.31. The van der Waals surface area contributed by atoms with E-state index in [4.69, 9.17) is 0 Å². The van der Waals surface area contributed by atoms with Gasteiger partial charge in [0.25, 0.3) is 6.43 Å². The van der Waals surface area contributed by atoms with Gasteiger partial charge in [-0.15, -0.1) is 0 Å². The predicted octanol–water partition coefficient (Wildman–Crippen LogP) is 5.52. The lowest BCUT2D eigenvalue weighted by atomic mass is 9.96. The van der Waals surface area contributed by atoms with Crippen LogP contribution >= 0.6 is 0 Å². The average molecular weight is 528 g/mol. The highest BCUT2D eigenvalue weighted by atomic mass is 19.4. The Morgan fingerprint density at radius 3 is 1.86 bits per heavy atom. The molecule has 3 N–H and O–H groups in total. The second-order valence-corrected chi connectivity index (χ2v) is 9.82. The number of aliphatic hydroxyl groups is 1. The molecule has 1 amide bonds. The number of hydrogen-bond donors (Lipinski definition) is 3. The van der Waals surface area contributed by atoms with Crippen LogP contribution in [0.2, 0.25) is 0 Å². The van der Waals surface area contributed by atoms with Crippen LogP contribution in [0.5, 0.6) is 0 Å². The van der Waals surface area contributed by atoms with Gasteiger partial charge in [-0.2, -0.15) is 18.4 Å². The molecule has 0 heterocycles. The first-order chi connectivity index (χ1) is 17.1. The summed E-state index contributed by atoms with van der Waals surface area (Å²) >= 11 is 0. The first-order valence-electron chi connectivity index (χ1n) is 11.6. The van der Waals surface area contributed by atoms with Crippen LogP contribution in [0.3, 0.4) is 0 Å². The van der Waals surface area contributed by atoms with Gasteiger partial charge in [0.15, 0.2) is 0 Å². The van der Waals surface area contributed by atoms with E-state index in [-0.39, 0.29) is 11.1 Å². The van der Waals surface area contributed by atoms with Gasteiger partial charge in [0.2, 0.25) is 5.91 Å². The number of nitrogens with one attached hydrogen (secondary N) is 2. The maximum absolute atomic E-state index is 14.4. The zero-order valence-corrected chi connectivity index (χ0v) is 20.1. The highest BCUT2D eigenvalue weighted by molar-refractivity contribution is 5.83. The van der Waals surface area contributed by atoms with E-state index >= 15 is 0 Å². The SMILES string of the molecule is CC(C)(F)C[C@H](NC(c1ccc(-c2ccc(C(O)C(F)F)cc2)cc1)C(F)(F)F)C(=O)NC1(C#N)CC1. The van der Waals surface area contributed by atoms with Crippen LogP contribution in [0, 0.1) is 11.3 Å². The third-order valence-corrected chi connectivity index (χ3v) is 6.10. The van der Waals surface area contributed by atoms with Crippen molar-refractivity contribution in [1.29, 1.82) is 5.26 Å². The zero-order valence-electron chi connectivity index (χ0n) is 20.1. The second kappa shape index (κ2) is 10.7. The number of hydrogen-bond acceptors (Lipinski definition) is 4. The predicted molar refractivity (Wildman–Crippen MR) is 124 cm³/mol. The molecule has 0 radical (unpaired) electrons. The smallest absolute Gasteiger partial charge is 0.382 e. The normalized spacial score (nSPS) is 17.5. The number of amides is 1. The summed E-state index contributed by atoms with van der Waals surface area (Å²) in [7, 11) is 0. The summed E-state index contributed by atoms with van der Waals surface area (Å²) < 4.78 is 82.0. The van der Waals surface area contributed by atoms with E-state index in [0.717, 1.165) is 13.8 Å². The minimum absolute atomic E-state index is 0.00110. The molecule has 0 aliphatic heterocycles. The fourth-order valence-corrected chi connectivity index (χ4v) is 3.89. The maximum Gasteiger partial charge on any atom is 0.407 e. The van der Waals surface area contributed by atoms with Crippen molar-refractivity contribution in [1.82, 2.24) is 10.6 Å². The van der Waals surface area contributed by atoms with Gasteiger partial charge in [-0.05, 0) is 48.9 Å². The highest BCUT2D eigenvalue weighted by Gasteiger charge is 2.48. The first-order valence-corrected chi connectivity index (χ1v) is 11.6. The zero-order chi connectivity index (χ0) is 27.6. The summed E-state index contributed by atoms with van der Waals surface area (Å²) in [4.78, 5) is 12.8. The Morgan fingerprint density at radius 2 is 1.49 bits per heavy atom. The number of aliphatic hydroxyl groups excluding tert-OH is 1. The van der Waals surface area contributed by atoms with Crippen molar-refractivity contribution >= 4 is 5.91 Å². The van der Waals surface area contributed by atoms with Gasteiger partial charge in [-0.1, -0.05) is 48.5 Å². The Kier molecular flexibility index (Phi) is 8.24. The average Bonchev–Trinajstić information content (AvgIpc) is 3.59. The number of alkyl halides is 6. The minimum atomic E-state index is -4.83. The molecule has 11 heteroatoms. The van der Waals surface area contributed by atoms with E-state index in [9.17, 15) is 41.5 Å². The van der Waals surface area contributed by atoms with Gasteiger partial charge < -0.3 is 10.4 Å². The summed E-state index contributed by atoms with van der Waals surface area (Å²) in [5.74, 6) is -0.887. The molecule has 200 valence electrons. The molecule has 1 saturated carbocycles. The third kappa shape index (κ3) is 7.46. The van der Waals surface area contributed by atoms with Crippen LogP contribution < -0.4 is 10.6 Å². The molecule has 3 rings (SSSR count). The van der Waals surface area contributed by atoms with Gasteiger partial charge in [0, 0.05) is 6.42 Å². The van der Waals surface area contributed by atoms with Crippen molar-refractivity contribution < 1.29 is 36.2 Å². The Hall–Kier alpha value is -3.10. The molecule has 2 unspecified atom stereocenters. The van der Waals surface area contributed by atoms with Crippen LogP contribution in [0.15, 0.2) is 48.5 Å². The van der Waals surface area contributed by atoms with Gasteiger partial charge in [0.1, 0.15) is 23.4 Å². The minimum Gasteiger partial charge on any atom is -0.382 e. The number of nitriles is 1. The van der Waals surface area contributed by atoms with Crippen molar-refractivity contribution in [3.63, 3.8) is 0 Å². The van der Waals surface area contributed by atoms with Crippen LogP contribution in [0.4, 0.5) is 26.3 Å². The van der Waals surface area contributed by atoms with Gasteiger partial charge in [-0.25, -0.2) is 13.2 Å². The quantitative estimate of drug-likeness (QED) is 0.355. The van der Waals surface area contributed by atoms with Crippen molar-refractivity contribution in [3.05, 3.63) is 59.7 Å². The molecule has 2 aromatic rings. The van der Waals surface area contributed by atoms with E-state index < -0.39 is 54.3 Å². The topological polar surface area (TPSA) is 85.2 Å². The number of benzene rings is 2. The fraction of sp³-hybridized carbons (Fsp3) is 0.462. The molecule has 2 aromatic carbocycles. The lowest BCUT2D eigenvalue weighted by Crippen LogP contribution is -2.53. The largest absolute Gasteiger partial charge is 0.407 e. The van der Waals surface area contributed by atoms with Crippen molar-refractivity contribution in [2.45, 2.75) is 75.1 Å². The fourth-order valence-electron chi connectivity index (χ4n) is 3.89. The number of nitrogens with zero attached hydrogens (tertiary/aromatic N) is 1. The summed E-state index contributed by atoms with van der Waals surface area (Å²) in [6.45, 7) is 2.30. The number of carbonyl (C=O) groups is 1. The first kappa shape index (κ1) is 28.5. The van der Waals surface area contributed by atoms with Crippen LogP contribution in [-0.4, -0.2) is 40.9 Å². The summed E-state index contributed by atoms with van der Waals surface area (Å²) in [6, 6.07) is 8.79. The summed E-state index contributed by atoms with van der Waals surface area (Å²) in [6.07, 6.45) is -9.56. The van der Waals surface area contributed by atoms with Crippen LogP contribution in [-0.2, 0) is 4.79 Å². The van der Waals surface area contributed by atoms with Crippen LogP contribution in [0.25, 0.3) is 11.1 Å². The maximum atomic E-state index is 14.4. The molecule has 3 atom stereocenters. The Morgan fingerprint density at radius 1 is 1.00 bits per heavy atom. The molecule has 0 aromatic heterocycles. The molecule has 37 heavy (non-hydrogen) atoms. The molecule has 1 aliphatic rings.